The Bertz CT molecular complexity index is 1310. The molecule has 0 aliphatic rings. The van der Waals surface area contributed by atoms with Crippen LogP contribution in [0.4, 0.5) is 18.9 Å². The smallest absolute Gasteiger partial charge is 0.322 e. The first-order chi connectivity index (χ1) is 14.4. The van der Waals surface area contributed by atoms with E-state index in [0.717, 1.165) is 23.0 Å². The number of hydrogen-bond acceptors (Lipinski definition) is 4. The van der Waals surface area contributed by atoms with Crippen molar-refractivity contribution >= 4 is 21.4 Å². The molecule has 0 atom stereocenters. The molecule has 2 aromatic carbocycles. The zero-order chi connectivity index (χ0) is 23.0. The Labute approximate surface area is 175 Å². The zero-order valence-corrected chi connectivity index (χ0v) is 17.2. The summed E-state index contributed by atoms with van der Waals surface area (Å²) in [7, 11) is -3.41. The second kappa shape index (κ2) is 8.03. The number of pyridine rings is 1. The van der Waals surface area contributed by atoms with E-state index >= 15 is 0 Å². The van der Waals surface area contributed by atoms with Crippen LogP contribution in [0.2, 0.25) is 0 Å². The molecule has 162 valence electrons. The summed E-state index contributed by atoms with van der Waals surface area (Å²) in [6.45, 7) is 1.53. The Morgan fingerprint density at radius 2 is 1.65 bits per heavy atom. The Morgan fingerprint density at radius 3 is 2.23 bits per heavy atom. The number of hydrogen-bond donors (Lipinski definition) is 1. The first-order valence-corrected chi connectivity index (χ1v) is 10.8. The first-order valence-electron chi connectivity index (χ1n) is 8.90. The lowest BCUT2D eigenvalue weighted by Gasteiger charge is -2.14. The van der Waals surface area contributed by atoms with Crippen LogP contribution in [-0.2, 0) is 16.0 Å². The number of benzene rings is 2. The molecule has 1 amide bonds. The standard InChI is InChI=1S/C21H17F3N2O4S/c1-13-6-11-18(19(27)25-15-7-9-17(10-8-15)31(2,29)30)20(28)26(13)16-5-3-4-14(12-16)21(22,23)24/h3-12H,1-2H3,(H,25,27). The van der Waals surface area contributed by atoms with Gasteiger partial charge in [-0.1, -0.05) is 6.07 Å². The first kappa shape index (κ1) is 22.3. The van der Waals surface area contributed by atoms with Crippen LogP contribution in [0.25, 0.3) is 5.69 Å². The number of rotatable bonds is 4. The average Bonchev–Trinajstić information content (AvgIpc) is 2.67. The van der Waals surface area contributed by atoms with Crippen molar-refractivity contribution < 1.29 is 26.4 Å². The second-order valence-electron chi connectivity index (χ2n) is 6.83. The second-order valence-corrected chi connectivity index (χ2v) is 8.84. The molecule has 0 radical (unpaired) electrons. The highest BCUT2D eigenvalue weighted by Crippen LogP contribution is 2.30. The Hall–Kier alpha value is -3.40. The third kappa shape index (κ3) is 4.85. The molecular weight excluding hydrogens is 433 g/mol. The molecule has 1 heterocycles. The number of aromatic nitrogens is 1. The van der Waals surface area contributed by atoms with Crippen molar-refractivity contribution in [3.8, 4) is 5.69 Å². The fourth-order valence-corrected chi connectivity index (χ4v) is 3.56. The molecule has 10 heteroatoms. The van der Waals surface area contributed by atoms with Gasteiger partial charge in [0.25, 0.3) is 11.5 Å². The van der Waals surface area contributed by atoms with E-state index in [0.29, 0.717) is 5.69 Å². The largest absolute Gasteiger partial charge is 0.416 e. The molecule has 0 saturated heterocycles. The third-order valence-corrected chi connectivity index (χ3v) is 5.62. The van der Waals surface area contributed by atoms with Crippen molar-refractivity contribution in [1.82, 2.24) is 4.57 Å². The van der Waals surface area contributed by atoms with Crippen LogP contribution in [0.1, 0.15) is 21.6 Å². The van der Waals surface area contributed by atoms with Gasteiger partial charge in [-0.25, -0.2) is 8.42 Å². The number of alkyl halides is 3. The summed E-state index contributed by atoms with van der Waals surface area (Å²) in [5.74, 6) is -0.780. The number of carbonyl (C=O) groups is 1. The topological polar surface area (TPSA) is 85.2 Å². The highest BCUT2D eigenvalue weighted by atomic mass is 32.2. The van der Waals surface area contributed by atoms with Crippen LogP contribution in [0.3, 0.4) is 0 Å². The molecule has 0 bridgehead atoms. The van der Waals surface area contributed by atoms with Gasteiger partial charge in [0.05, 0.1) is 10.5 Å². The predicted molar refractivity (Wildman–Crippen MR) is 109 cm³/mol. The van der Waals surface area contributed by atoms with Gasteiger partial charge in [-0.2, -0.15) is 13.2 Å². The monoisotopic (exact) mass is 450 g/mol. The summed E-state index contributed by atoms with van der Waals surface area (Å²) in [6.07, 6.45) is -3.54. The van der Waals surface area contributed by atoms with Crippen LogP contribution in [0, 0.1) is 6.92 Å². The molecular formula is C21H17F3N2O4S. The highest BCUT2D eigenvalue weighted by molar-refractivity contribution is 7.90. The van der Waals surface area contributed by atoms with Crippen molar-refractivity contribution in [2.45, 2.75) is 18.0 Å². The molecule has 0 unspecified atom stereocenters. The average molecular weight is 450 g/mol. The van der Waals surface area contributed by atoms with Crippen molar-refractivity contribution in [2.75, 3.05) is 11.6 Å². The minimum Gasteiger partial charge on any atom is -0.322 e. The predicted octanol–water partition coefficient (Wildman–Crippen LogP) is 3.82. The maximum Gasteiger partial charge on any atom is 0.416 e. The van der Waals surface area contributed by atoms with Gasteiger partial charge in [0, 0.05) is 23.3 Å². The Morgan fingerprint density at radius 1 is 1.00 bits per heavy atom. The van der Waals surface area contributed by atoms with E-state index in [-0.39, 0.29) is 21.8 Å². The summed E-state index contributed by atoms with van der Waals surface area (Å²) < 4.78 is 63.2. The van der Waals surface area contributed by atoms with Crippen LogP contribution in [0.15, 0.2) is 70.4 Å². The van der Waals surface area contributed by atoms with Crippen LogP contribution >= 0.6 is 0 Å². The fourth-order valence-electron chi connectivity index (χ4n) is 2.93. The molecule has 0 aliphatic heterocycles. The summed E-state index contributed by atoms with van der Waals surface area (Å²) in [6, 6.07) is 12.3. The van der Waals surface area contributed by atoms with E-state index < -0.39 is 33.0 Å². The van der Waals surface area contributed by atoms with Crippen molar-refractivity contribution in [2.24, 2.45) is 0 Å². The van der Waals surface area contributed by atoms with Gasteiger partial charge in [0.1, 0.15) is 5.56 Å². The summed E-state index contributed by atoms with van der Waals surface area (Å²) in [5, 5.41) is 2.48. The Balaban J connectivity index is 1.97. The van der Waals surface area contributed by atoms with Crippen molar-refractivity contribution in [1.29, 1.82) is 0 Å². The maximum absolute atomic E-state index is 13.0. The minimum absolute atomic E-state index is 0.0236. The molecule has 0 saturated carbocycles. The van der Waals surface area contributed by atoms with E-state index in [1.165, 1.54) is 55.5 Å². The number of aryl methyl sites for hydroxylation is 1. The summed E-state index contributed by atoms with van der Waals surface area (Å²) in [5.41, 5.74) is -1.41. The van der Waals surface area contributed by atoms with Gasteiger partial charge in [-0.15, -0.1) is 0 Å². The van der Waals surface area contributed by atoms with E-state index in [1.807, 2.05) is 0 Å². The molecule has 0 aliphatic carbocycles. The zero-order valence-electron chi connectivity index (χ0n) is 16.4. The lowest BCUT2D eigenvalue weighted by molar-refractivity contribution is -0.137. The summed E-state index contributed by atoms with van der Waals surface area (Å²) >= 11 is 0. The van der Waals surface area contributed by atoms with Gasteiger partial charge in [0.2, 0.25) is 0 Å². The molecule has 0 spiro atoms. The summed E-state index contributed by atoms with van der Waals surface area (Å²) in [4.78, 5) is 25.6. The van der Waals surface area contributed by atoms with Crippen molar-refractivity contribution in [3.05, 3.63) is 87.8 Å². The molecule has 3 rings (SSSR count). The molecule has 1 N–H and O–H groups in total. The molecule has 3 aromatic rings. The number of amides is 1. The van der Waals surface area contributed by atoms with Crippen molar-refractivity contribution in [3.63, 3.8) is 0 Å². The van der Waals surface area contributed by atoms with Crippen LogP contribution in [-0.4, -0.2) is 25.1 Å². The van der Waals surface area contributed by atoms with Gasteiger partial charge < -0.3 is 5.32 Å². The number of nitrogens with one attached hydrogen (secondary N) is 1. The van der Waals surface area contributed by atoms with E-state index in [4.69, 9.17) is 0 Å². The van der Waals surface area contributed by atoms with Gasteiger partial charge in [0.15, 0.2) is 9.84 Å². The molecule has 0 fully saturated rings. The highest BCUT2D eigenvalue weighted by Gasteiger charge is 2.30. The number of halogens is 3. The lowest BCUT2D eigenvalue weighted by atomic mass is 10.1. The van der Waals surface area contributed by atoms with Crippen LogP contribution < -0.4 is 10.9 Å². The molecule has 6 nitrogen and oxygen atoms in total. The number of nitrogens with zero attached hydrogens (tertiary/aromatic N) is 1. The lowest BCUT2D eigenvalue weighted by Crippen LogP contribution is -2.29. The molecule has 1 aromatic heterocycles. The maximum atomic E-state index is 13.0. The van der Waals surface area contributed by atoms with E-state index in [2.05, 4.69) is 5.32 Å². The SMILES string of the molecule is Cc1ccc(C(=O)Nc2ccc(S(C)(=O)=O)cc2)c(=O)n1-c1cccc(C(F)(F)F)c1. The minimum atomic E-state index is -4.58. The fraction of sp³-hybridized carbons (Fsp3) is 0.143. The Kier molecular flexibility index (Phi) is 5.77. The molecule has 31 heavy (non-hydrogen) atoms. The van der Waals surface area contributed by atoms with Gasteiger partial charge in [-0.05, 0) is 61.5 Å². The quantitative estimate of drug-likeness (QED) is 0.655. The number of sulfone groups is 1. The van der Waals surface area contributed by atoms with E-state index in [9.17, 15) is 31.2 Å². The van der Waals surface area contributed by atoms with Gasteiger partial charge >= 0.3 is 6.18 Å². The normalized spacial score (nSPS) is 11.9. The third-order valence-electron chi connectivity index (χ3n) is 4.49. The number of carbonyl (C=O) groups excluding carboxylic acids is 1. The number of anilines is 1. The van der Waals surface area contributed by atoms with Crippen LogP contribution in [0.5, 0.6) is 0 Å². The van der Waals surface area contributed by atoms with E-state index in [1.54, 1.807) is 0 Å². The van der Waals surface area contributed by atoms with Gasteiger partial charge in [-0.3, -0.25) is 14.2 Å².